The summed E-state index contributed by atoms with van der Waals surface area (Å²) in [6.07, 6.45) is 2.61. The zero-order valence-corrected chi connectivity index (χ0v) is 11.1. The molecule has 0 spiro atoms. The lowest BCUT2D eigenvalue weighted by atomic mass is 9.94. The predicted octanol–water partition coefficient (Wildman–Crippen LogP) is 3.69. The first-order chi connectivity index (χ1) is 9.09. The van der Waals surface area contributed by atoms with Gasteiger partial charge in [-0.25, -0.2) is 4.39 Å². The van der Waals surface area contributed by atoms with Gasteiger partial charge in [-0.2, -0.15) is 0 Å². The number of fused-ring (bicyclic) bond motifs is 1. The molecule has 0 aliphatic carbocycles. The minimum Gasteiger partial charge on any atom is -0.380 e. The summed E-state index contributed by atoms with van der Waals surface area (Å²) >= 11 is 1.47. The molecule has 0 radical (unpaired) electrons. The number of pyridine rings is 1. The molecule has 3 rings (SSSR count). The van der Waals surface area contributed by atoms with Crippen LogP contribution in [0.15, 0.2) is 48.8 Å². The Hall–Kier alpha value is -1.78. The van der Waals surface area contributed by atoms with Gasteiger partial charge in [0.15, 0.2) is 0 Å². The molecule has 4 heteroatoms. The van der Waals surface area contributed by atoms with Gasteiger partial charge in [0.2, 0.25) is 0 Å². The Morgan fingerprint density at radius 3 is 2.79 bits per heavy atom. The molecule has 1 N–H and O–H groups in total. The van der Waals surface area contributed by atoms with Gasteiger partial charge in [0.05, 0.1) is 6.20 Å². The van der Waals surface area contributed by atoms with Crippen molar-refractivity contribution < 1.29 is 9.50 Å². The number of halogens is 1. The lowest BCUT2D eigenvalue weighted by Gasteiger charge is -2.22. The Kier molecular flexibility index (Phi) is 2.84. The average Bonchev–Trinajstić information content (AvgIpc) is 2.83. The van der Waals surface area contributed by atoms with Gasteiger partial charge >= 0.3 is 0 Å². The van der Waals surface area contributed by atoms with E-state index in [1.54, 1.807) is 6.92 Å². The molecule has 2 nitrogen and oxygen atoms in total. The predicted molar refractivity (Wildman–Crippen MR) is 74.7 cm³/mol. The van der Waals surface area contributed by atoms with Crippen molar-refractivity contribution in [1.82, 2.24) is 4.98 Å². The maximum Gasteiger partial charge on any atom is 0.147 e. The highest BCUT2D eigenvalue weighted by Crippen LogP contribution is 2.37. The van der Waals surface area contributed by atoms with E-state index in [0.29, 0.717) is 0 Å². The largest absolute Gasteiger partial charge is 0.380 e. The van der Waals surface area contributed by atoms with Crippen LogP contribution in [0, 0.1) is 5.82 Å². The molecular weight excluding hydrogens is 261 g/mol. The molecule has 0 fully saturated rings. The van der Waals surface area contributed by atoms with Gasteiger partial charge in [-0.3, -0.25) is 4.98 Å². The Balaban J connectivity index is 2.16. The van der Waals surface area contributed by atoms with Crippen molar-refractivity contribution in [3.8, 4) is 0 Å². The van der Waals surface area contributed by atoms with Crippen LogP contribution < -0.4 is 0 Å². The first-order valence-corrected chi connectivity index (χ1v) is 6.72. The van der Waals surface area contributed by atoms with Crippen molar-refractivity contribution >= 4 is 21.4 Å². The summed E-state index contributed by atoms with van der Waals surface area (Å²) in [6, 6.07) is 11.3. The number of benzene rings is 1. The molecule has 0 bridgehead atoms. The fraction of sp³-hybridized carbons (Fsp3) is 0.133. The van der Waals surface area contributed by atoms with Gasteiger partial charge in [0, 0.05) is 21.3 Å². The van der Waals surface area contributed by atoms with Gasteiger partial charge < -0.3 is 5.11 Å². The van der Waals surface area contributed by atoms with Crippen LogP contribution in [0.2, 0.25) is 0 Å². The molecule has 0 aliphatic rings. The first kappa shape index (κ1) is 12.3. The van der Waals surface area contributed by atoms with Crippen molar-refractivity contribution in [2.45, 2.75) is 12.5 Å². The molecule has 0 amide bonds. The molecule has 1 aromatic carbocycles. The molecule has 19 heavy (non-hydrogen) atoms. The average molecular weight is 273 g/mol. The number of aliphatic hydroxyl groups is 1. The Labute approximate surface area is 114 Å². The minimum absolute atomic E-state index is 0.244. The third-order valence-electron chi connectivity index (χ3n) is 3.20. The molecule has 96 valence electrons. The molecule has 0 saturated heterocycles. The molecule has 1 atom stereocenters. The quantitative estimate of drug-likeness (QED) is 0.772. The number of rotatable bonds is 2. The van der Waals surface area contributed by atoms with E-state index < -0.39 is 11.4 Å². The van der Waals surface area contributed by atoms with E-state index >= 15 is 0 Å². The Morgan fingerprint density at radius 1 is 1.26 bits per heavy atom. The van der Waals surface area contributed by atoms with Gasteiger partial charge in [-0.05, 0) is 30.5 Å². The van der Waals surface area contributed by atoms with Crippen LogP contribution in [0.3, 0.4) is 0 Å². The summed E-state index contributed by atoms with van der Waals surface area (Å²) in [5.41, 5.74) is -1.11. The Morgan fingerprint density at radius 2 is 2.05 bits per heavy atom. The van der Waals surface area contributed by atoms with E-state index in [2.05, 4.69) is 4.98 Å². The summed E-state index contributed by atoms with van der Waals surface area (Å²) in [5.74, 6) is -0.495. The maximum atomic E-state index is 13.8. The van der Waals surface area contributed by atoms with E-state index in [1.165, 1.54) is 23.6 Å². The molecular formula is C15H12FNOS. The highest BCUT2D eigenvalue weighted by Gasteiger charge is 2.30. The maximum absolute atomic E-state index is 13.8. The van der Waals surface area contributed by atoms with Crippen molar-refractivity contribution in [2.75, 3.05) is 0 Å². The summed E-state index contributed by atoms with van der Waals surface area (Å²) in [6.45, 7) is 1.61. The minimum atomic E-state index is -1.35. The standard InChI is InChI=1S/C15H12FNOS/c1-15(18,11-6-7-17-9-12(11)16)14-8-10-4-2-3-5-13(10)19-14/h2-9,18H,1H3. The fourth-order valence-electron chi connectivity index (χ4n) is 2.12. The van der Waals surface area contributed by atoms with Crippen molar-refractivity contribution in [1.29, 1.82) is 0 Å². The summed E-state index contributed by atoms with van der Waals surface area (Å²) < 4.78 is 14.9. The van der Waals surface area contributed by atoms with Crippen LogP contribution in [0.25, 0.3) is 10.1 Å². The SMILES string of the molecule is CC(O)(c1cc2ccccc2s1)c1ccncc1F. The number of aromatic nitrogens is 1. The first-order valence-electron chi connectivity index (χ1n) is 5.90. The molecule has 2 heterocycles. The monoisotopic (exact) mass is 273 g/mol. The van der Waals surface area contributed by atoms with E-state index in [4.69, 9.17) is 0 Å². The van der Waals surface area contributed by atoms with Gasteiger partial charge in [-0.15, -0.1) is 11.3 Å². The second-order valence-electron chi connectivity index (χ2n) is 4.58. The van der Waals surface area contributed by atoms with Gasteiger partial charge in [-0.1, -0.05) is 18.2 Å². The summed E-state index contributed by atoms with van der Waals surface area (Å²) in [7, 11) is 0. The van der Waals surface area contributed by atoms with E-state index in [1.807, 2.05) is 30.3 Å². The van der Waals surface area contributed by atoms with Crippen LogP contribution in [0.4, 0.5) is 4.39 Å². The van der Waals surface area contributed by atoms with Crippen molar-refractivity contribution in [3.05, 3.63) is 65.0 Å². The van der Waals surface area contributed by atoms with Crippen molar-refractivity contribution in [3.63, 3.8) is 0 Å². The Bertz CT molecular complexity index is 703. The number of hydrogen-bond donors (Lipinski definition) is 1. The van der Waals surface area contributed by atoms with Crippen LogP contribution in [0.1, 0.15) is 17.4 Å². The summed E-state index contributed by atoms with van der Waals surface area (Å²) in [4.78, 5) is 4.43. The van der Waals surface area contributed by atoms with E-state index in [-0.39, 0.29) is 5.56 Å². The molecule has 1 unspecified atom stereocenters. The zero-order chi connectivity index (χ0) is 13.5. The second kappa shape index (κ2) is 4.40. The third-order valence-corrected chi connectivity index (χ3v) is 4.53. The molecule has 3 aromatic rings. The third kappa shape index (κ3) is 2.03. The normalized spacial score (nSPS) is 14.5. The topological polar surface area (TPSA) is 33.1 Å². The lowest BCUT2D eigenvalue weighted by Crippen LogP contribution is -2.23. The molecule has 0 saturated carbocycles. The van der Waals surface area contributed by atoms with E-state index in [9.17, 15) is 9.50 Å². The van der Waals surface area contributed by atoms with Crippen molar-refractivity contribution in [2.24, 2.45) is 0 Å². The zero-order valence-electron chi connectivity index (χ0n) is 10.3. The van der Waals surface area contributed by atoms with Crippen LogP contribution in [-0.4, -0.2) is 10.1 Å². The number of hydrogen-bond acceptors (Lipinski definition) is 3. The van der Waals surface area contributed by atoms with Gasteiger partial charge in [0.25, 0.3) is 0 Å². The molecule has 0 aliphatic heterocycles. The van der Waals surface area contributed by atoms with Gasteiger partial charge in [0.1, 0.15) is 11.4 Å². The van der Waals surface area contributed by atoms with E-state index in [0.717, 1.165) is 21.2 Å². The number of nitrogens with zero attached hydrogens (tertiary/aromatic N) is 1. The fourth-order valence-corrected chi connectivity index (χ4v) is 3.25. The van der Waals surface area contributed by atoms with Crippen LogP contribution in [0.5, 0.6) is 0 Å². The second-order valence-corrected chi connectivity index (χ2v) is 5.66. The van der Waals surface area contributed by atoms with Crippen LogP contribution >= 0.6 is 11.3 Å². The number of thiophene rings is 1. The molecule has 2 aromatic heterocycles. The lowest BCUT2D eigenvalue weighted by molar-refractivity contribution is 0.102. The highest BCUT2D eigenvalue weighted by molar-refractivity contribution is 7.19. The van der Waals surface area contributed by atoms with Crippen LogP contribution in [-0.2, 0) is 5.60 Å². The highest BCUT2D eigenvalue weighted by atomic mass is 32.1. The summed E-state index contributed by atoms with van der Waals surface area (Å²) in [5, 5.41) is 11.7. The smallest absolute Gasteiger partial charge is 0.147 e.